The van der Waals surface area contributed by atoms with Gasteiger partial charge in [0.05, 0.1) is 5.56 Å². The number of nitrogens with two attached hydrogens (primary N) is 1. The summed E-state index contributed by atoms with van der Waals surface area (Å²) < 4.78 is 37.9. The van der Waals surface area contributed by atoms with E-state index in [1.54, 1.807) is 0 Å². The second kappa shape index (κ2) is 5.04. The van der Waals surface area contributed by atoms with Gasteiger partial charge >= 0.3 is 6.18 Å². The lowest BCUT2D eigenvalue weighted by Crippen LogP contribution is -2.33. The Bertz CT molecular complexity index is 412. The molecule has 0 unspecified atom stereocenters. The molecular formula is C12H18F3N3. The molecule has 0 spiro atoms. The zero-order valence-corrected chi connectivity index (χ0v) is 10.7. The van der Waals surface area contributed by atoms with Gasteiger partial charge in [-0.15, -0.1) is 0 Å². The number of aromatic nitrogens is 1. The van der Waals surface area contributed by atoms with Crippen LogP contribution in [-0.2, 0) is 6.18 Å². The summed E-state index contributed by atoms with van der Waals surface area (Å²) in [4.78, 5) is 3.89. The largest absolute Gasteiger partial charge is 0.416 e. The third-order valence-corrected chi connectivity index (χ3v) is 3.16. The molecule has 3 nitrogen and oxygen atoms in total. The lowest BCUT2D eigenvalue weighted by molar-refractivity contribution is -0.137. The minimum absolute atomic E-state index is 0.137. The number of nitrogens with one attached hydrogen (secondary N) is 1. The van der Waals surface area contributed by atoms with Crippen LogP contribution in [0.3, 0.4) is 0 Å². The second-order valence-electron chi connectivity index (χ2n) is 4.56. The van der Waals surface area contributed by atoms with Gasteiger partial charge in [0.25, 0.3) is 0 Å². The van der Waals surface area contributed by atoms with Gasteiger partial charge in [-0.2, -0.15) is 13.2 Å². The molecule has 0 aliphatic heterocycles. The third-order valence-electron chi connectivity index (χ3n) is 3.16. The first-order chi connectivity index (χ1) is 8.20. The molecule has 0 saturated heterocycles. The zero-order chi connectivity index (χ0) is 14.0. The fourth-order valence-corrected chi connectivity index (χ4v) is 1.52. The molecule has 18 heavy (non-hydrogen) atoms. The van der Waals surface area contributed by atoms with Gasteiger partial charge in [-0.3, -0.25) is 0 Å². The average Bonchev–Trinajstić information content (AvgIpc) is 2.27. The summed E-state index contributed by atoms with van der Waals surface area (Å²) in [7, 11) is 0. The molecule has 0 fully saturated rings. The molecule has 0 radical (unpaired) electrons. The van der Waals surface area contributed by atoms with Crippen molar-refractivity contribution in [3.05, 3.63) is 17.7 Å². The van der Waals surface area contributed by atoms with Gasteiger partial charge in [0, 0.05) is 5.54 Å². The lowest BCUT2D eigenvalue weighted by atomic mass is 9.95. The minimum atomic E-state index is -4.41. The number of alkyl halides is 3. The van der Waals surface area contributed by atoms with E-state index in [4.69, 9.17) is 5.73 Å². The maximum atomic E-state index is 12.6. The van der Waals surface area contributed by atoms with Crippen LogP contribution in [0.25, 0.3) is 0 Å². The van der Waals surface area contributed by atoms with Crippen molar-refractivity contribution in [1.29, 1.82) is 0 Å². The number of halogens is 3. The van der Waals surface area contributed by atoms with Crippen LogP contribution in [0.1, 0.15) is 39.2 Å². The minimum Gasteiger partial charge on any atom is -0.384 e. The Labute approximate surface area is 105 Å². The molecule has 1 heterocycles. The number of rotatable bonds is 4. The maximum absolute atomic E-state index is 12.6. The Kier molecular flexibility index (Phi) is 4.09. The number of anilines is 2. The zero-order valence-electron chi connectivity index (χ0n) is 10.7. The van der Waals surface area contributed by atoms with Crippen LogP contribution in [0, 0.1) is 0 Å². The summed E-state index contributed by atoms with van der Waals surface area (Å²) in [6, 6.07) is 1.82. The van der Waals surface area contributed by atoms with Gasteiger partial charge < -0.3 is 11.1 Å². The number of nitrogen functional groups attached to an aromatic ring is 1. The van der Waals surface area contributed by atoms with Crippen LogP contribution in [-0.4, -0.2) is 10.5 Å². The number of nitrogens with zero attached hydrogens (tertiary/aromatic N) is 1. The molecule has 0 amide bonds. The quantitative estimate of drug-likeness (QED) is 0.869. The van der Waals surface area contributed by atoms with Crippen molar-refractivity contribution in [2.45, 2.75) is 45.3 Å². The molecule has 1 aromatic heterocycles. The average molecular weight is 261 g/mol. The van der Waals surface area contributed by atoms with Crippen LogP contribution in [0.15, 0.2) is 12.1 Å². The number of hydrogen-bond acceptors (Lipinski definition) is 3. The molecular weight excluding hydrogens is 243 g/mol. The molecule has 0 aliphatic carbocycles. The second-order valence-corrected chi connectivity index (χ2v) is 4.56. The van der Waals surface area contributed by atoms with E-state index in [0.29, 0.717) is 0 Å². The van der Waals surface area contributed by atoms with Crippen molar-refractivity contribution in [1.82, 2.24) is 4.98 Å². The van der Waals surface area contributed by atoms with Gasteiger partial charge in [-0.1, -0.05) is 13.8 Å². The van der Waals surface area contributed by atoms with E-state index in [9.17, 15) is 13.2 Å². The molecule has 6 heteroatoms. The summed E-state index contributed by atoms with van der Waals surface area (Å²) >= 11 is 0. The predicted octanol–water partition coefficient (Wildman–Crippen LogP) is 3.67. The van der Waals surface area contributed by atoms with Crippen LogP contribution in [0.5, 0.6) is 0 Å². The summed E-state index contributed by atoms with van der Waals surface area (Å²) in [6.45, 7) is 5.87. The molecule has 0 saturated carbocycles. The molecule has 0 aliphatic rings. The van der Waals surface area contributed by atoms with Gasteiger partial charge in [-0.05, 0) is 31.9 Å². The maximum Gasteiger partial charge on any atom is 0.416 e. The molecule has 1 aromatic rings. The van der Waals surface area contributed by atoms with E-state index in [1.165, 1.54) is 0 Å². The Morgan fingerprint density at radius 3 is 2.22 bits per heavy atom. The van der Waals surface area contributed by atoms with E-state index in [0.717, 1.165) is 25.0 Å². The van der Waals surface area contributed by atoms with Crippen LogP contribution < -0.4 is 11.1 Å². The summed E-state index contributed by atoms with van der Waals surface area (Å²) in [5, 5.41) is 3.02. The van der Waals surface area contributed by atoms with Crippen LogP contribution in [0.2, 0.25) is 0 Å². The SMILES string of the molecule is CCC(C)(CC)Nc1cc(C(F)(F)F)cc(N)n1. The third kappa shape index (κ3) is 3.51. The highest BCUT2D eigenvalue weighted by Gasteiger charge is 2.32. The Balaban J connectivity index is 3.08. The van der Waals surface area contributed by atoms with Crippen molar-refractivity contribution in [3.8, 4) is 0 Å². The molecule has 0 bridgehead atoms. The van der Waals surface area contributed by atoms with Gasteiger partial charge in [-0.25, -0.2) is 4.98 Å². The van der Waals surface area contributed by atoms with Gasteiger partial charge in [0.15, 0.2) is 0 Å². The highest BCUT2D eigenvalue weighted by Crippen LogP contribution is 2.32. The fraction of sp³-hybridized carbons (Fsp3) is 0.583. The highest BCUT2D eigenvalue weighted by molar-refractivity contribution is 5.48. The summed E-state index contributed by atoms with van der Waals surface area (Å²) in [5.74, 6) is 0.0235. The lowest BCUT2D eigenvalue weighted by Gasteiger charge is -2.29. The number of pyridine rings is 1. The smallest absolute Gasteiger partial charge is 0.384 e. The summed E-state index contributed by atoms with van der Waals surface area (Å²) in [6.07, 6.45) is -2.86. The van der Waals surface area contributed by atoms with E-state index in [2.05, 4.69) is 10.3 Å². The standard InChI is InChI=1S/C12H18F3N3/c1-4-11(3,5-2)18-10-7-8(12(13,14)15)6-9(16)17-10/h6-7H,4-5H2,1-3H3,(H3,16,17,18). The Hall–Kier alpha value is -1.46. The van der Waals surface area contributed by atoms with E-state index >= 15 is 0 Å². The Morgan fingerprint density at radius 1 is 1.22 bits per heavy atom. The predicted molar refractivity (Wildman–Crippen MR) is 66.3 cm³/mol. The molecule has 0 aromatic carbocycles. The van der Waals surface area contributed by atoms with Crippen molar-refractivity contribution in [3.63, 3.8) is 0 Å². The van der Waals surface area contributed by atoms with E-state index in [1.807, 2.05) is 20.8 Å². The summed E-state index contributed by atoms with van der Waals surface area (Å²) in [5.41, 5.74) is 4.33. The molecule has 1 rings (SSSR count). The Morgan fingerprint density at radius 2 is 1.78 bits per heavy atom. The van der Waals surface area contributed by atoms with Crippen molar-refractivity contribution >= 4 is 11.6 Å². The highest BCUT2D eigenvalue weighted by atomic mass is 19.4. The van der Waals surface area contributed by atoms with Crippen molar-refractivity contribution < 1.29 is 13.2 Å². The van der Waals surface area contributed by atoms with E-state index < -0.39 is 11.7 Å². The van der Waals surface area contributed by atoms with Crippen LogP contribution in [0.4, 0.5) is 24.8 Å². The molecule has 0 atom stereocenters. The van der Waals surface area contributed by atoms with Gasteiger partial charge in [0.2, 0.25) is 0 Å². The molecule has 102 valence electrons. The first kappa shape index (κ1) is 14.6. The van der Waals surface area contributed by atoms with Crippen molar-refractivity contribution in [2.75, 3.05) is 11.1 Å². The van der Waals surface area contributed by atoms with Crippen molar-refractivity contribution in [2.24, 2.45) is 0 Å². The monoisotopic (exact) mass is 261 g/mol. The molecule has 3 N–H and O–H groups in total. The first-order valence-corrected chi connectivity index (χ1v) is 5.83. The first-order valence-electron chi connectivity index (χ1n) is 5.83. The number of hydrogen-bond donors (Lipinski definition) is 2. The normalized spacial score (nSPS) is 12.6. The van der Waals surface area contributed by atoms with Crippen LogP contribution >= 0.6 is 0 Å². The fourth-order valence-electron chi connectivity index (χ4n) is 1.52. The topological polar surface area (TPSA) is 50.9 Å². The van der Waals surface area contributed by atoms with E-state index in [-0.39, 0.29) is 17.2 Å². The van der Waals surface area contributed by atoms with Gasteiger partial charge in [0.1, 0.15) is 11.6 Å².